The molecule has 130 valence electrons. The molecule has 0 aliphatic carbocycles. The molecule has 1 saturated heterocycles. The molecule has 1 aliphatic rings. The fraction of sp³-hybridized carbons (Fsp3) is 0.421. The number of piperidine rings is 1. The molecule has 25 heavy (non-hydrogen) atoms. The van der Waals surface area contributed by atoms with Gasteiger partial charge in [0, 0.05) is 42.9 Å². The van der Waals surface area contributed by atoms with Crippen molar-refractivity contribution >= 4 is 28.3 Å². The minimum absolute atomic E-state index is 0.221. The molecule has 5 nitrogen and oxygen atoms in total. The highest BCUT2D eigenvalue weighted by molar-refractivity contribution is 7.11. The zero-order chi connectivity index (χ0) is 17.2. The summed E-state index contributed by atoms with van der Waals surface area (Å²) < 4.78 is 0. The van der Waals surface area contributed by atoms with E-state index in [1.54, 1.807) is 11.3 Å². The van der Waals surface area contributed by atoms with Crippen molar-refractivity contribution in [2.75, 3.05) is 13.1 Å². The molecule has 1 aliphatic heterocycles. The molecular weight excluding hydrogens is 332 g/mol. The number of fused-ring (bicyclic) bond motifs is 1. The average Bonchev–Trinajstić information content (AvgIpc) is 3.25. The van der Waals surface area contributed by atoms with E-state index in [9.17, 15) is 4.79 Å². The first kappa shape index (κ1) is 16.3. The van der Waals surface area contributed by atoms with E-state index in [4.69, 9.17) is 0 Å². The van der Waals surface area contributed by atoms with E-state index in [-0.39, 0.29) is 5.91 Å². The van der Waals surface area contributed by atoms with Crippen molar-refractivity contribution in [2.24, 2.45) is 0 Å². The molecule has 3 heterocycles. The van der Waals surface area contributed by atoms with Gasteiger partial charge in [-0.15, -0.1) is 11.3 Å². The number of rotatable bonds is 4. The van der Waals surface area contributed by atoms with Crippen LogP contribution in [0, 0.1) is 6.92 Å². The molecule has 1 fully saturated rings. The number of aromatic nitrogens is 3. The van der Waals surface area contributed by atoms with Crippen LogP contribution >= 0.6 is 11.3 Å². The van der Waals surface area contributed by atoms with Crippen LogP contribution in [0.15, 0.2) is 30.5 Å². The number of nitrogens with zero attached hydrogens (tertiary/aromatic N) is 3. The monoisotopic (exact) mass is 354 g/mol. The maximum absolute atomic E-state index is 12.6. The van der Waals surface area contributed by atoms with Crippen LogP contribution < -0.4 is 0 Å². The van der Waals surface area contributed by atoms with Crippen molar-refractivity contribution < 1.29 is 4.79 Å². The van der Waals surface area contributed by atoms with Gasteiger partial charge in [0.2, 0.25) is 5.91 Å². The standard InChI is InChI=1S/C19H22N4OS/c1-13-11-20-19(25-13)14-5-4-10-23(12-14)18(24)9-8-17-21-15-6-2-3-7-16(15)22-17/h2-3,6-7,11,14H,4-5,8-10,12H2,1H3,(H,21,22)/t14-/m0/s1. The van der Waals surface area contributed by atoms with Gasteiger partial charge in [0.25, 0.3) is 0 Å². The van der Waals surface area contributed by atoms with Crippen LogP contribution in [-0.2, 0) is 11.2 Å². The minimum atomic E-state index is 0.221. The lowest BCUT2D eigenvalue weighted by Crippen LogP contribution is -2.39. The number of aromatic amines is 1. The van der Waals surface area contributed by atoms with Crippen molar-refractivity contribution in [3.05, 3.63) is 46.2 Å². The van der Waals surface area contributed by atoms with Crippen LogP contribution in [0.2, 0.25) is 0 Å². The molecule has 0 spiro atoms. The zero-order valence-corrected chi connectivity index (χ0v) is 15.2. The molecule has 1 amide bonds. The number of carbonyl (C=O) groups excluding carboxylic acids is 1. The number of hydrogen-bond donors (Lipinski definition) is 1. The maximum atomic E-state index is 12.6. The third-order valence-corrected chi connectivity index (χ3v) is 5.85. The van der Waals surface area contributed by atoms with Gasteiger partial charge in [-0.05, 0) is 31.9 Å². The average molecular weight is 354 g/mol. The Morgan fingerprint density at radius 3 is 3.08 bits per heavy atom. The van der Waals surface area contributed by atoms with Crippen LogP contribution in [-0.4, -0.2) is 38.8 Å². The second kappa shape index (κ2) is 6.96. The number of likely N-dealkylation sites (tertiary alicyclic amines) is 1. The summed E-state index contributed by atoms with van der Waals surface area (Å²) in [5.41, 5.74) is 1.99. The van der Waals surface area contributed by atoms with Gasteiger partial charge in [0.05, 0.1) is 16.0 Å². The molecule has 0 unspecified atom stereocenters. The van der Waals surface area contributed by atoms with Crippen molar-refractivity contribution in [3.63, 3.8) is 0 Å². The smallest absolute Gasteiger partial charge is 0.223 e. The predicted octanol–water partition coefficient (Wildman–Crippen LogP) is 3.67. The number of thiazole rings is 1. The third kappa shape index (κ3) is 3.58. The highest BCUT2D eigenvalue weighted by Crippen LogP contribution is 2.30. The fourth-order valence-electron chi connectivity index (χ4n) is 3.47. The summed E-state index contributed by atoms with van der Waals surface area (Å²) in [5.74, 6) is 1.50. The van der Waals surface area contributed by atoms with Gasteiger partial charge in [0.15, 0.2) is 0 Å². The first-order valence-electron chi connectivity index (χ1n) is 8.83. The molecule has 0 bridgehead atoms. The SMILES string of the molecule is Cc1cnc([C@H]2CCCN(C(=O)CCc3nc4ccccc4[nH]3)C2)s1. The van der Waals surface area contributed by atoms with Gasteiger partial charge >= 0.3 is 0 Å². The van der Waals surface area contributed by atoms with E-state index >= 15 is 0 Å². The van der Waals surface area contributed by atoms with Gasteiger partial charge in [-0.25, -0.2) is 9.97 Å². The predicted molar refractivity (Wildman–Crippen MR) is 99.8 cm³/mol. The van der Waals surface area contributed by atoms with E-state index in [2.05, 4.69) is 21.9 Å². The lowest BCUT2D eigenvalue weighted by atomic mass is 9.98. The zero-order valence-electron chi connectivity index (χ0n) is 14.4. The second-order valence-electron chi connectivity index (χ2n) is 6.69. The molecule has 1 N–H and O–H groups in total. The number of nitrogens with one attached hydrogen (secondary N) is 1. The fourth-order valence-corrected chi connectivity index (χ4v) is 4.37. The van der Waals surface area contributed by atoms with Crippen molar-refractivity contribution in [1.82, 2.24) is 19.9 Å². The lowest BCUT2D eigenvalue weighted by Gasteiger charge is -2.31. The highest BCUT2D eigenvalue weighted by Gasteiger charge is 2.26. The van der Waals surface area contributed by atoms with Crippen molar-refractivity contribution in [2.45, 2.75) is 38.5 Å². The van der Waals surface area contributed by atoms with Gasteiger partial charge in [-0.2, -0.15) is 0 Å². The first-order valence-corrected chi connectivity index (χ1v) is 9.64. The molecule has 4 rings (SSSR count). The molecule has 1 atom stereocenters. The van der Waals surface area contributed by atoms with Crippen molar-refractivity contribution in [3.8, 4) is 0 Å². The number of para-hydroxylation sites is 2. The summed E-state index contributed by atoms with van der Waals surface area (Å²) in [7, 11) is 0. The first-order chi connectivity index (χ1) is 12.2. The van der Waals surface area contributed by atoms with Gasteiger partial charge in [-0.3, -0.25) is 4.79 Å². The number of imidazole rings is 1. The number of benzene rings is 1. The van der Waals surface area contributed by atoms with Crippen LogP contribution in [0.4, 0.5) is 0 Å². The Morgan fingerprint density at radius 1 is 1.40 bits per heavy atom. The minimum Gasteiger partial charge on any atom is -0.342 e. The van der Waals surface area contributed by atoms with Crippen molar-refractivity contribution in [1.29, 1.82) is 0 Å². The van der Waals surface area contributed by atoms with Gasteiger partial charge in [0.1, 0.15) is 5.82 Å². The van der Waals surface area contributed by atoms with Crippen LogP contribution in [0.1, 0.15) is 40.9 Å². The molecule has 0 saturated carbocycles. The second-order valence-corrected chi connectivity index (χ2v) is 7.96. The topological polar surface area (TPSA) is 61.9 Å². The van der Waals surface area contributed by atoms with Gasteiger partial charge < -0.3 is 9.88 Å². The normalized spacial score (nSPS) is 18.0. The number of hydrogen-bond acceptors (Lipinski definition) is 4. The molecule has 1 aromatic carbocycles. The van der Waals surface area contributed by atoms with Crippen LogP contribution in [0.3, 0.4) is 0 Å². The Morgan fingerprint density at radius 2 is 2.28 bits per heavy atom. The summed E-state index contributed by atoms with van der Waals surface area (Å²) in [6, 6.07) is 7.97. The molecular formula is C19H22N4OS. The number of H-pyrrole nitrogens is 1. The number of aryl methyl sites for hydroxylation is 2. The van der Waals surface area contributed by atoms with E-state index < -0.39 is 0 Å². The summed E-state index contributed by atoms with van der Waals surface area (Å²) >= 11 is 1.76. The van der Waals surface area contributed by atoms with E-state index in [1.807, 2.05) is 35.4 Å². The summed E-state index contributed by atoms with van der Waals surface area (Å²) in [5, 5.41) is 1.17. The lowest BCUT2D eigenvalue weighted by molar-refractivity contribution is -0.132. The third-order valence-electron chi connectivity index (χ3n) is 4.78. The molecule has 3 aromatic rings. The Kier molecular flexibility index (Phi) is 4.53. The molecule has 2 aromatic heterocycles. The largest absolute Gasteiger partial charge is 0.342 e. The highest BCUT2D eigenvalue weighted by atomic mass is 32.1. The van der Waals surface area contributed by atoms with Crippen LogP contribution in [0.5, 0.6) is 0 Å². The Labute approximate surface area is 151 Å². The van der Waals surface area contributed by atoms with Gasteiger partial charge in [-0.1, -0.05) is 12.1 Å². The van der Waals surface area contributed by atoms with E-state index in [0.717, 1.165) is 42.8 Å². The molecule has 0 radical (unpaired) electrons. The summed E-state index contributed by atoms with van der Waals surface area (Å²) in [6.07, 6.45) is 5.27. The van der Waals surface area contributed by atoms with Crippen LogP contribution in [0.25, 0.3) is 11.0 Å². The quantitative estimate of drug-likeness (QED) is 0.778. The Bertz CT molecular complexity index is 851. The number of amides is 1. The Hall–Kier alpha value is -2.21. The number of carbonyl (C=O) groups is 1. The summed E-state index contributed by atoms with van der Waals surface area (Å²) in [4.78, 5) is 28.3. The van der Waals surface area contributed by atoms with E-state index in [1.165, 1.54) is 9.88 Å². The molecule has 6 heteroatoms. The maximum Gasteiger partial charge on any atom is 0.223 e. The van der Waals surface area contributed by atoms with E-state index in [0.29, 0.717) is 18.8 Å². The Balaban J connectivity index is 1.37. The summed E-state index contributed by atoms with van der Waals surface area (Å²) in [6.45, 7) is 3.74.